The maximum Gasteiger partial charge on any atom is 0.251 e. The van der Waals surface area contributed by atoms with Crippen LogP contribution in [0, 0.1) is 5.92 Å². The molecule has 0 radical (unpaired) electrons. The van der Waals surface area contributed by atoms with E-state index in [1.54, 1.807) is 0 Å². The fraction of sp³-hybridized carbons (Fsp3) is 0.889. The maximum absolute atomic E-state index is 11.4. The monoisotopic (exact) mass is 185 g/mol. The molecule has 4 heteroatoms. The smallest absolute Gasteiger partial charge is 0.251 e. The van der Waals surface area contributed by atoms with E-state index in [1.807, 2.05) is 0 Å². The second kappa shape index (κ2) is 4.07. The largest absolute Gasteiger partial charge is 0.376 e. The van der Waals surface area contributed by atoms with Crippen LogP contribution in [0.25, 0.3) is 0 Å². The van der Waals surface area contributed by atoms with Gasteiger partial charge in [-0.15, -0.1) is 0 Å². The first-order valence-electron chi connectivity index (χ1n) is 4.83. The van der Waals surface area contributed by atoms with E-state index in [0.29, 0.717) is 25.7 Å². The summed E-state index contributed by atoms with van der Waals surface area (Å²) in [7, 11) is 0. The molecule has 2 fully saturated rings. The lowest BCUT2D eigenvalue weighted by Gasteiger charge is -2.21. The van der Waals surface area contributed by atoms with Gasteiger partial charge in [0.15, 0.2) is 6.10 Å². The Morgan fingerprint density at radius 2 is 2.23 bits per heavy atom. The number of carbonyl (C=O) groups is 1. The summed E-state index contributed by atoms with van der Waals surface area (Å²) in [6, 6.07) is 0. The molecule has 1 amide bonds. The van der Waals surface area contributed by atoms with Gasteiger partial charge >= 0.3 is 0 Å². The lowest BCUT2D eigenvalue weighted by molar-refractivity contribution is -0.147. The van der Waals surface area contributed by atoms with Crippen LogP contribution in [-0.2, 0) is 14.3 Å². The number of nitrogens with one attached hydrogen (secondary N) is 1. The van der Waals surface area contributed by atoms with Crippen molar-refractivity contribution in [3.8, 4) is 0 Å². The van der Waals surface area contributed by atoms with Gasteiger partial charge in [0.25, 0.3) is 5.91 Å². The first-order chi connectivity index (χ1) is 6.36. The van der Waals surface area contributed by atoms with E-state index in [4.69, 9.17) is 9.47 Å². The van der Waals surface area contributed by atoms with Crippen LogP contribution >= 0.6 is 0 Å². The van der Waals surface area contributed by atoms with Crippen molar-refractivity contribution in [3.63, 3.8) is 0 Å². The van der Waals surface area contributed by atoms with E-state index in [-0.39, 0.29) is 12.0 Å². The van der Waals surface area contributed by atoms with Crippen LogP contribution in [0.15, 0.2) is 0 Å². The summed E-state index contributed by atoms with van der Waals surface area (Å²) in [6.07, 6.45) is 2.12. The SMILES string of the molecule is O=C(NCC1CC1)C1COCCO1. The van der Waals surface area contributed by atoms with Crippen LogP contribution in [0.5, 0.6) is 0 Å². The minimum atomic E-state index is -0.382. The molecule has 0 spiro atoms. The lowest BCUT2D eigenvalue weighted by atomic mass is 10.3. The molecule has 2 rings (SSSR count). The molecular formula is C9H15NO3. The van der Waals surface area contributed by atoms with Crippen molar-refractivity contribution in [1.29, 1.82) is 0 Å². The normalized spacial score (nSPS) is 28.5. The summed E-state index contributed by atoms with van der Waals surface area (Å²) in [5.41, 5.74) is 0. The minimum Gasteiger partial charge on any atom is -0.376 e. The summed E-state index contributed by atoms with van der Waals surface area (Å²) in [5.74, 6) is 0.694. The van der Waals surface area contributed by atoms with Crippen molar-refractivity contribution >= 4 is 5.91 Å². The number of hydrogen-bond acceptors (Lipinski definition) is 3. The van der Waals surface area contributed by atoms with Gasteiger partial charge in [0.2, 0.25) is 0 Å². The second-order valence-corrected chi connectivity index (χ2v) is 3.62. The molecule has 0 aromatic carbocycles. The van der Waals surface area contributed by atoms with Crippen LogP contribution < -0.4 is 5.32 Å². The average molecular weight is 185 g/mol. The molecule has 74 valence electrons. The van der Waals surface area contributed by atoms with E-state index in [0.717, 1.165) is 6.54 Å². The Kier molecular flexibility index (Phi) is 2.80. The van der Waals surface area contributed by atoms with Gasteiger partial charge in [0, 0.05) is 6.54 Å². The quantitative estimate of drug-likeness (QED) is 0.669. The van der Waals surface area contributed by atoms with Gasteiger partial charge in [0.1, 0.15) is 0 Å². The summed E-state index contributed by atoms with van der Waals surface area (Å²) in [4.78, 5) is 11.4. The molecule has 1 aliphatic carbocycles. The zero-order valence-electron chi connectivity index (χ0n) is 7.62. The van der Waals surface area contributed by atoms with Crippen LogP contribution in [-0.4, -0.2) is 38.4 Å². The van der Waals surface area contributed by atoms with Gasteiger partial charge in [-0.1, -0.05) is 0 Å². The van der Waals surface area contributed by atoms with Crippen molar-refractivity contribution in [2.24, 2.45) is 5.92 Å². The lowest BCUT2D eigenvalue weighted by Crippen LogP contribution is -2.43. The number of rotatable bonds is 3. The Morgan fingerprint density at radius 1 is 1.38 bits per heavy atom. The highest BCUT2D eigenvalue weighted by Crippen LogP contribution is 2.27. The second-order valence-electron chi connectivity index (χ2n) is 3.62. The average Bonchev–Trinajstić information content (AvgIpc) is 2.99. The van der Waals surface area contributed by atoms with Crippen LogP contribution in [0.1, 0.15) is 12.8 Å². The first-order valence-corrected chi connectivity index (χ1v) is 4.83. The summed E-state index contributed by atoms with van der Waals surface area (Å²) in [6.45, 7) is 2.34. The molecule has 0 aromatic rings. The van der Waals surface area contributed by atoms with Crippen molar-refractivity contribution in [3.05, 3.63) is 0 Å². The van der Waals surface area contributed by atoms with Gasteiger partial charge in [-0.2, -0.15) is 0 Å². The summed E-state index contributed by atoms with van der Waals surface area (Å²) >= 11 is 0. The predicted molar refractivity (Wildman–Crippen MR) is 46.3 cm³/mol. The van der Waals surface area contributed by atoms with E-state index in [9.17, 15) is 4.79 Å². The van der Waals surface area contributed by atoms with Gasteiger partial charge < -0.3 is 14.8 Å². The Bertz CT molecular complexity index is 185. The van der Waals surface area contributed by atoms with Crippen molar-refractivity contribution in [2.45, 2.75) is 18.9 Å². The molecule has 0 aromatic heterocycles. The fourth-order valence-electron chi connectivity index (χ4n) is 1.32. The molecule has 1 unspecified atom stereocenters. The fourth-order valence-corrected chi connectivity index (χ4v) is 1.32. The van der Waals surface area contributed by atoms with Crippen LogP contribution in [0.2, 0.25) is 0 Å². The minimum absolute atomic E-state index is 0.0217. The molecule has 1 saturated carbocycles. The number of amides is 1. The predicted octanol–water partition coefficient (Wildman–Crippen LogP) is -0.0720. The molecule has 1 N–H and O–H groups in total. The van der Waals surface area contributed by atoms with E-state index in [1.165, 1.54) is 12.8 Å². The molecule has 4 nitrogen and oxygen atoms in total. The van der Waals surface area contributed by atoms with Crippen molar-refractivity contribution in [1.82, 2.24) is 5.32 Å². The highest BCUT2D eigenvalue weighted by Gasteiger charge is 2.26. The Hall–Kier alpha value is -0.610. The van der Waals surface area contributed by atoms with E-state index in [2.05, 4.69) is 5.32 Å². The third-order valence-electron chi connectivity index (χ3n) is 2.37. The molecule has 1 heterocycles. The van der Waals surface area contributed by atoms with Gasteiger partial charge in [-0.05, 0) is 18.8 Å². The third kappa shape index (κ3) is 2.67. The number of hydrogen-bond donors (Lipinski definition) is 1. The molecule has 1 aliphatic heterocycles. The maximum atomic E-state index is 11.4. The molecule has 2 aliphatic rings. The van der Waals surface area contributed by atoms with Gasteiger partial charge in [-0.25, -0.2) is 0 Å². The van der Waals surface area contributed by atoms with E-state index >= 15 is 0 Å². The molecule has 0 bridgehead atoms. The molecule has 1 atom stereocenters. The Balaban J connectivity index is 1.67. The standard InChI is InChI=1S/C9H15NO3/c11-9(10-5-7-1-2-7)8-6-12-3-4-13-8/h7-8H,1-6H2,(H,10,11). The van der Waals surface area contributed by atoms with Crippen LogP contribution in [0.3, 0.4) is 0 Å². The third-order valence-corrected chi connectivity index (χ3v) is 2.37. The zero-order chi connectivity index (χ0) is 9.10. The summed E-state index contributed by atoms with van der Waals surface area (Å²) < 4.78 is 10.4. The van der Waals surface area contributed by atoms with Gasteiger partial charge in [-0.3, -0.25) is 4.79 Å². The number of carbonyl (C=O) groups excluding carboxylic acids is 1. The topological polar surface area (TPSA) is 47.6 Å². The highest BCUT2D eigenvalue weighted by atomic mass is 16.6. The Labute approximate surface area is 77.6 Å². The number of ether oxygens (including phenoxy) is 2. The summed E-state index contributed by atoms with van der Waals surface area (Å²) in [5, 5.41) is 2.87. The van der Waals surface area contributed by atoms with E-state index < -0.39 is 0 Å². The highest BCUT2D eigenvalue weighted by molar-refractivity contribution is 5.81. The molecule has 13 heavy (non-hydrogen) atoms. The molecular weight excluding hydrogens is 170 g/mol. The van der Waals surface area contributed by atoms with Crippen molar-refractivity contribution < 1.29 is 14.3 Å². The Morgan fingerprint density at radius 3 is 2.85 bits per heavy atom. The van der Waals surface area contributed by atoms with Gasteiger partial charge in [0.05, 0.1) is 19.8 Å². The van der Waals surface area contributed by atoms with Crippen molar-refractivity contribution in [2.75, 3.05) is 26.4 Å². The van der Waals surface area contributed by atoms with Crippen LogP contribution in [0.4, 0.5) is 0 Å². The zero-order valence-corrected chi connectivity index (χ0v) is 7.62. The molecule has 1 saturated heterocycles. The first kappa shape index (κ1) is 8.97.